The van der Waals surface area contributed by atoms with Crippen molar-refractivity contribution in [2.75, 3.05) is 19.8 Å². The van der Waals surface area contributed by atoms with Gasteiger partial charge >= 0.3 is 12.1 Å². The van der Waals surface area contributed by atoms with Gasteiger partial charge in [-0.25, -0.2) is 4.79 Å². The molecule has 0 radical (unpaired) electrons. The van der Waals surface area contributed by atoms with Gasteiger partial charge in [-0.3, -0.25) is 9.59 Å². The molecule has 1 fully saturated rings. The van der Waals surface area contributed by atoms with Gasteiger partial charge in [0.2, 0.25) is 0 Å². The number of rotatable bonds is 7. The highest BCUT2D eigenvalue weighted by atomic mass is 16.6. The van der Waals surface area contributed by atoms with Crippen LogP contribution in [0.25, 0.3) is 0 Å². The second-order valence-corrected chi connectivity index (χ2v) is 7.11. The first kappa shape index (κ1) is 21.0. The van der Waals surface area contributed by atoms with E-state index < -0.39 is 6.09 Å². The van der Waals surface area contributed by atoms with E-state index in [2.05, 4.69) is 5.32 Å². The van der Waals surface area contributed by atoms with Crippen molar-refractivity contribution in [3.8, 4) is 11.5 Å². The fourth-order valence-electron chi connectivity index (χ4n) is 3.49. The minimum atomic E-state index is -0.411. The third-order valence-electron chi connectivity index (χ3n) is 4.99. The fourth-order valence-corrected chi connectivity index (χ4v) is 3.49. The van der Waals surface area contributed by atoms with Gasteiger partial charge < -0.3 is 24.3 Å². The summed E-state index contributed by atoms with van der Waals surface area (Å²) in [6.07, 6.45) is 2.35. The molecule has 1 N–H and O–H groups in total. The van der Waals surface area contributed by atoms with E-state index in [1.54, 1.807) is 25.1 Å². The molecule has 0 bridgehead atoms. The Morgan fingerprint density at radius 1 is 1.03 bits per heavy atom. The van der Waals surface area contributed by atoms with Gasteiger partial charge in [-0.1, -0.05) is 0 Å². The highest BCUT2D eigenvalue weighted by Crippen LogP contribution is 2.31. The summed E-state index contributed by atoms with van der Waals surface area (Å²) in [5.74, 6) is 0.664. The van der Waals surface area contributed by atoms with Crippen molar-refractivity contribution in [1.29, 1.82) is 0 Å². The topological polar surface area (TPSA) is 100 Å². The first-order valence-corrected chi connectivity index (χ1v) is 10.1. The zero-order chi connectivity index (χ0) is 20.6. The lowest BCUT2D eigenvalue weighted by molar-refractivity contribution is -0.150. The number of Topliss-reactive ketones (excluding diaryl/α,β-unsaturated/α-hetero) is 1. The van der Waals surface area contributed by atoms with Crippen molar-refractivity contribution in [2.45, 2.75) is 57.6 Å². The summed E-state index contributed by atoms with van der Waals surface area (Å²) >= 11 is 0. The predicted octanol–water partition coefficient (Wildman–Crippen LogP) is 3.02. The molecule has 0 spiro atoms. The lowest BCUT2D eigenvalue weighted by Gasteiger charge is -2.28. The molecule has 1 amide bonds. The lowest BCUT2D eigenvalue weighted by Crippen LogP contribution is -2.39. The molecular weight excluding hydrogens is 378 g/mol. The van der Waals surface area contributed by atoms with Crippen LogP contribution in [0.4, 0.5) is 4.79 Å². The van der Waals surface area contributed by atoms with E-state index in [0.29, 0.717) is 49.7 Å². The highest BCUT2D eigenvalue weighted by molar-refractivity contribution is 5.98. The number of hydrogen-bond acceptors (Lipinski definition) is 7. The van der Waals surface area contributed by atoms with E-state index in [9.17, 15) is 14.4 Å². The molecule has 158 valence electrons. The monoisotopic (exact) mass is 405 g/mol. The molecule has 1 aromatic rings. The Balaban J connectivity index is 1.38. The second-order valence-electron chi connectivity index (χ2n) is 7.11. The maximum absolute atomic E-state index is 12.4. The molecule has 2 aliphatic rings. The van der Waals surface area contributed by atoms with Gasteiger partial charge in [-0.2, -0.15) is 0 Å². The van der Waals surface area contributed by atoms with Crippen LogP contribution >= 0.6 is 0 Å². The number of esters is 1. The molecule has 1 aliphatic heterocycles. The third kappa shape index (κ3) is 6.10. The molecule has 8 heteroatoms. The average molecular weight is 405 g/mol. The minimum Gasteiger partial charge on any atom is -0.486 e. The number of nitrogens with one attached hydrogen (secondary N) is 1. The number of carbonyl (C=O) groups is 3. The molecule has 0 unspecified atom stereocenters. The molecule has 0 atom stereocenters. The first-order valence-electron chi connectivity index (χ1n) is 10.1. The van der Waals surface area contributed by atoms with Crippen LogP contribution < -0.4 is 14.8 Å². The Hall–Kier alpha value is -2.77. The maximum atomic E-state index is 12.4. The molecule has 0 saturated heterocycles. The smallest absolute Gasteiger partial charge is 0.407 e. The van der Waals surface area contributed by atoms with Crippen LogP contribution in [0.3, 0.4) is 0 Å². The SMILES string of the molecule is CCOC(=O)NC1CCC(OC(=O)CCC(=O)c2ccc3c(c2)OCCO3)CC1. The van der Waals surface area contributed by atoms with Crippen LogP contribution in [-0.4, -0.2) is 49.8 Å². The molecule has 29 heavy (non-hydrogen) atoms. The van der Waals surface area contributed by atoms with Crippen LogP contribution in [0, 0.1) is 0 Å². The Bertz CT molecular complexity index is 741. The Morgan fingerprint density at radius 3 is 2.48 bits per heavy atom. The van der Waals surface area contributed by atoms with E-state index in [-0.39, 0.29) is 36.7 Å². The van der Waals surface area contributed by atoms with Crippen molar-refractivity contribution in [3.63, 3.8) is 0 Å². The second kappa shape index (κ2) is 10.1. The highest BCUT2D eigenvalue weighted by Gasteiger charge is 2.25. The van der Waals surface area contributed by atoms with Crippen LogP contribution in [0.2, 0.25) is 0 Å². The van der Waals surface area contributed by atoms with E-state index in [0.717, 1.165) is 12.8 Å². The number of fused-ring (bicyclic) bond motifs is 1. The minimum absolute atomic E-state index is 0.0360. The summed E-state index contributed by atoms with van der Waals surface area (Å²) < 4.78 is 21.3. The van der Waals surface area contributed by atoms with Crippen molar-refractivity contribution >= 4 is 17.8 Å². The van der Waals surface area contributed by atoms with E-state index in [4.69, 9.17) is 18.9 Å². The van der Waals surface area contributed by atoms with Crippen molar-refractivity contribution in [1.82, 2.24) is 5.32 Å². The molecule has 1 heterocycles. The van der Waals surface area contributed by atoms with Crippen LogP contribution in [0.15, 0.2) is 18.2 Å². The van der Waals surface area contributed by atoms with Gasteiger partial charge in [-0.15, -0.1) is 0 Å². The number of benzene rings is 1. The molecule has 1 saturated carbocycles. The summed E-state index contributed by atoms with van der Waals surface area (Å²) in [5, 5.41) is 2.81. The quantitative estimate of drug-likeness (QED) is 0.550. The number of hydrogen-bond donors (Lipinski definition) is 1. The van der Waals surface area contributed by atoms with Gasteiger partial charge in [-0.05, 0) is 50.8 Å². The van der Waals surface area contributed by atoms with Crippen LogP contribution in [-0.2, 0) is 14.3 Å². The van der Waals surface area contributed by atoms with Crippen molar-refractivity contribution < 1.29 is 33.3 Å². The summed E-state index contributed by atoms with van der Waals surface area (Å²) in [5.41, 5.74) is 0.493. The third-order valence-corrected chi connectivity index (χ3v) is 4.99. The number of alkyl carbamates (subject to hydrolysis) is 1. The summed E-state index contributed by atoms with van der Waals surface area (Å²) in [4.78, 5) is 35.9. The zero-order valence-electron chi connectivity index (χ0n) is 16.6. The van der Waals surface area contributed by atoms with E-state index in [1.165, 1.54) is 0 Å². The summed E-state index contributed by atoms with van der Waals surface area (Å²) in [7, 11) is 0. The van der Waals surface area contributed by atoms with Gasteiger partial charge in [0.05, 0.1) is 13.0 Å². The summed E-state index contributed by atoms with van der Waals surface area (Å²) in [6.45, 7) is 3.04. The summed E-state index contributed by atoms with van der Waals surface area (Å²) in [6, 6.07) is 5.09. The Morgan fingerprint density at radius 2 is 1.76 bits per heavy atom. The Labute approximate surface area is 169 Å². The van der Waals surface area contributed by atoms with E-state index in [1.807, 2.05) is 0 Å². The maximum Gasteiger partial charge on any atom is 0.407 e. The van der Waals surface area contributed by atoms with Gasteiger partial charge in [0.1, 0.15) is 19.3 Å². The molecule has 1 aromatic carbocycles. The molecular formula is C21H27NO7. The largest absolute Gasteiger partial charge is 0.486 e. The molecule has 0 aromatic heterocycles. The normalized spacial score (nSPS) is 20.4. The van der Waals surface area contributed by atoms with Gasteiger partial charge in [0.15, 0.2) is 17.3 Å². The number of ether oxygens (including phenoxy) is 4. The number of carbonyl (C=O) groups excluding carboxylic acids is 3. The molecule has 8 nitrogen and oxygen atoms in total. The van der Waals surface area contributed by atoms with Crippen molar-refractivity contribution in [2.24, 2.45) is 0 Å². The Kier molecular flexibility index (Phi) is 7.32. The first-order chi connectivity index (χ1) is 14.0. The van der Waals surface area contributed by atoms with Crippen LogP contribution in [0.1, 0.15) is 55.8 Å². The predicted molar refractivity (Wildman–Crippen MR) is 103 cm³/mol. The fraction of sp³-hybridized carbons (Fsp3) is 0.571. The molecule has 1 aliphatic carbocycles. The van der Waals surface area contributed by atoms with Crippen molar-refractivity contribution in [3.05, 3.63) is 23.8 Å². The van der Waals surface area contributed by atoms with Gasteiger partial charge in [0.25, 0.3) is 0 Å². The standard InChI is InChI=1S/C21H27NO7/c1-2-26-21(25)22-15-4-6-16(7-5-15)29-20(24)10-8-17(23)14-3-9-18-19(13-14)28-12-11-27-18/h3,9,13,15-16H,2,4-8,10-12H2,1H3,(H,22,25). The average Bonchev–Trinajstić information content (AvgIpc) is 2.73. The van der Waals surface area contributed by atoms with E-state index >= 15 is 0 Å². The lowest BCUT2D eigenvalue weighted by atomic mass is 9.93. The zero-order valence-corrected chi connectivity index (χ0v) is 16.6. The van der Waals surface area contributed by atoms with Gasteiger partial charge in [0, 0.05) is 18.0 Å². The molecule has 3 rings (SSSR count). The number of amides is 1. The van der Waals surface area contributed by atoms with Crippen LogP contribution in [0.5, 0.6) is 11.5 Å². The number of ketones is 1.